The first kappa shape index (κ1) is 16.2. The zero-order valence-corrected chi connectivity index (χ0v) is 12.8. The number of aromatic nitrogens is 1. The van der Waals surface area contributed by atoms with Crippen molar-refractivity contribution in [3.05, 3.63) is 51.7 Å². The molecule has 1 N–H and O–H groups in total. The normalized spacial score (nSPS) is 10.0. The van der Waals surface area contributed by atoms with Gasteiger partial charge in [-0.15, -0.1) is 0 Å². The van der Waals surface area contributed by atoms with Gasteiger partial charge in [0, 0.05) is 17.2 Å². The molecule has 0 aliphatic heterocycles. The van der Waals surface area contributed by atoms with Crippen LogP contribution < -0.4 is 14.8 Å². The van der Waals surface area contributed by atoms with Gasteiger partial charge in [-0.2, -0.15) is 0 Å². The van der Waals surface area contributed by atoms with Gasteiger partial charge in [-0.1, -0.05) is 0 Å². The van der Waals surface area contributed by atoms with Gasteiger partial charge in [0.05, 0.1) is 19.1 Å². The molecule has 0 aliphatic carbocycles. The van der Waals surface area contributed by atoms with Crippen molar-refractivity contribution in [2.45, 2.75) is 6.92 Å². The molecular weight excluding hydrogens is 302 g/mol. The van der Waals surface area contributed by atoms with Crippen LogP contribution in [0.1, 0.15) is 15.9 Å². The van der Waals surface area contributed by atoms with E-state index in [4.69, 9.17) is 9.47 Å². The van der Waals surface area contributed by atoms with Crippen molar-refractivity contribution in [3.8, 4) is 11.5 Å². The van der Waals surface area contributed by atoms with Crippen molar-refractivity contribution >= 4 is 17.4 Å². The summed E-state index contributed by atoms with van der Waals surface area (Å²) in [6.45, 7) is 1.57. The van der Waals surface area contributed by atoms with Gasteiger partial charge < -0.3 is 14.8 Å². The van der Waals surface area contributed by atoms with Gasteiger partial charge in [0.15, 0.2) is 0 Å². The van der Waals surface area contributed by atoms with E-state index in [1.807, 2.05) is 0 Å². The molecule has 23 heavy (non-hydrogen) atoms. The second-order valence-corrected chi connectivity index (χ2v) is 4.67. The van der Waals surface area contributed by atoms with Crippen LogP contribution in [-0.2, 0) is 0 Å². The molecule has 2 aromatic rings. The number of amides is 1. The standard InChI is InChI=1S/C15H15N3O5/c1-9-4-14(16-8-13(9)18(20)21)17-15(19)10-5-11(22-2)7-12(6-10)23-3/h4-8H,1-3H3,(H,16,17,19). The van der Waals surface area contributed by atoms with Crippen LogP contribution in [0.15, 0.2) is 30.5 Å². The van der Waals surface area contributed by atoms with Crippen molar-refractivity contribution < 1.29 is 19.2 Å². The number of aryl methyl sites for hydroxylation is 1. The Kier molecular flexibility index (Phi) is 4.75. The highest BCUT2D eigenvalue weighted by atomic mass is 16.6. The summed E-state index contributed by atoms with van der Waals surface area (Å²) in [5.74, 6) is 0.743. The maximum Gasteiger partial charge on any atom is 0.290 e. The van der Waals surface area contributed by atoms with Crippen molar-refractivity contribution in [2.75, 3.05) is 19.5 Å². The Hall–Kier alpha value is -3.16. The lowest BCUT2D eigenvalue weighted by atomic mass is 10.2. The third kappa shape index (κ3) is 3.73. The van der Waals surface area contributed by atoms with Crippen molar-refractivity contribution in [3.63, 3.8) is 0 Å². The molecule has 1 aromatic heterocycles. The predicted molar refractivity (Wildman–Crippen MR) is 83.1 cm³/mol. The molecule has 120 valence electrons. The topological polar surface area (TPSA) is 104 Å². The quantitative estimate of drug-likeness (QED) is 0.671. The molecule has 1 heterocycles. The summed E-state index contributed by atoms with van der Waals surface area (Å²) in [4.78, 5) is 26.4. The second kappa shape index (κ2) is 6.73. The first-order chi connectivity index (χ1) is 10.9. The number of pyridine rings is 1. The Bertz CT molecular complexity index is 739. The Morgan fingerprint density at radius 3 is 2.26 bits per heavy atom. The zero-order valence-electron chi connectivity index (χ0n) is 12.8. The summed E-state index contributed by atoms with van der Waals surface area (Å²) in [5, 5.41) is 13.4. The number of methoxy groups -OCH3 is 2. The molecule has 0 atom stereocenters. The minimum Gasteiger partial charge on any atom is -0.497 e. The van der Waals surface area contributed by atoms with Crippen LogP contribution in [0, 0.1) is 17.0 Å². The number of hydrogen-bond donors (Lipinski definition) is 1. The number of benzene rings is 1. The van der Waals surface area contributed by atoms with Gasteiger partial charge in [0.25, 0.3) is 11.6 Å². The number of carbonyl (C=O) groups excluding carboxylic acids is 1. The molecular formula is C15H15N3O5. The van der Waals surface area contributed by atoms with Crippen molar-refractivity contribution in [2.24, 2.45) is 0 Å². The van der Waals surface area contributed by atoms with Crippen molar-refractivity contribution in [1.29, 1.82) is 0 Å². The molecule has 2 rings (SSSR count). The number of carbonyl (C=O) groups is 1. The SMILES string of the molecule is COc1cc(OC)cc(C(=O)Nc2cc(C)c([N+](=O)[O-])cn2)c1. The molecule has 0 saturated carbocycles. The highest BCUT2D eigenvalue weighted by Gasteiger charge is 2.14. The molecule has 1 aromatic carbocycles. The van der Waals surface area contributed by atoms with E-state index in [-0.39, 0.29) is 11.5 Å². The summed E-state index contributed by atoms with van der Waals surface area (Å²) >= 11 is 0. The number of nitrogens with one attached hydrogen (secondary N) is 1. The Balaban J connectivity index is 2.25. The van der Waals surface area contributed by atoms with E-state index in [2.05, 4.69) is 10.3 Å². The highest BCUT2D eigenvalue weighted by molar-refractivity contribution is 6.04. The van der Waals surface area contributed by atoms with Gasteiger partial charge in [-0.05, 0) is 25.1 Å². The van der Waals surface area contributed by atoms with Crippen LogP contribution in [0.2, 0.25) is 0 Å². The average molecular weight is 317 g/mol. The number of ether oxygens (including phenoxy) is 2. The lowest BCUT2D eigenvalue weighted by Gasteiger charge is -2.09. The van der Waals surface area contributed by atoms with E-state index in [9.17, 15) is 14.9 Å². The van der Waals surface area contributed by atoms with Crippen LogP contribution in [0.4, 0.5) is 11.5 Å². The first-order valence-corrected chi connectivity index (χ1v) is 6.60. The van der Waals surface area contributed by atoms with E-state index in [0.717, 1.165) is 6.20 Å². The zero-order chi connectivity index (χ0) is 17.0. The number of anilines is 1. The molecule has 1 amide bonds. The predicted octanol–water partition coefficient (Wildman–Crippen LogP) is 2.57. The first-order valence-electron chi connectivity index (χ1n) is 6.60. The number of nitrogens with zero attached hydrogens (tertiary/aromatic N) is 2. The summed E-state index contributed by atoms with van der Waals surface area (Å²) in [7, 11) is 2.97. The van der Waals surface area contributed by atoms with Gasteiger partial charge in [0.2, 0.25) is 0 Å². The van der Waals surface area contributed by atoms with Crippen LogP contribution in [0.5, 0.6) is 11.5 Å². The average Bonchev–Trinajstić information content (AvgIpc) is 2.53. The summed E-state index contributed by atoms with van der Waals surface area (Å²) in [5.41, 5.74) is 0.619. The third-order valence-corrected chi connectivity index (χ3v) is 3.14. The minimum atomic E-state index is -0.527. The van der Waals surface area contributed by atoms with Gasteiger partial charge in [-0.3, -0.25) is 14.9 Å². The fourth-order valence-corrected chi connectivity index (χ4v) is 1.94. The van der Waals surface area contributed by atoms with E-state index < -0.39 is 10.8 Å². The molecule has 0 radical (unpaired) electrons. The third-order valence-electron chi connectivity index (χ3n) is 3.14. The fraction of sp³-hybridized carbons (Fsp3) is 0.200. The molecule has 8 nitrogen and oxygen atoms in total. The largest absolute Gasteiger partial charge is 0.497 e. The monoisotopic (exact) mass is 317 g/mol. The summed E-state index contributed by atoms with van der Waals surface area (Å²) < 4.78 is 10.2. The van der Waals surface area contributed by atoms with Gasteiger partial charge >= 0.3 is 0 Å². The maximum atomic E-state index is 12.3. The molecule has 0 fully saturated rings. The molecule has 0 aliphatic rings. The van der Waals surface area contributed by atoms with Crippen LogP contribution in [0.3, 0.4) is 0 Å². The number of nitro groups is 1. The Morgan fingerprint density at radius 2 is 1.78 bits per heavy atom. The van der Waals surface area contributed by atoms with E-state index in [0.29, 0.717) is 22.6 Å². The summed E-state index contributed by atoms with van der Waals surface area (Å²) in [6.07, 6.45) is 1.11. The highest BCUT2D eigenvalue weighted by Crippen LogP contribution is 2.24. The lowest BCUT2D eigenvalue weighted by Crippen LogP contribution is -2.13. The lowest BCUT2D eigenvalue weighted by molar-refractivity contribution is -0.385. The minimum absolute atomic E-state index is 0.106. The smallest absolute Gasteiger partial charge is 0.290 e. The van der Waals surface area contributed by atoms with Crippen LogP contribution in [-0.4, -0.2) is 30.0 Å². The van der Waals surface area contributed by atoms with E-state index in [1.165, 1.54) is 20.3 Å². The van der Waals surface area contributed by atoms with Gasteiger partial charge in [-0.25, -0.2) is 4.98 Å². The summed E-state index contributed by atoms with van der Waals surface area (Å²) in [6, 6.07) is 6.19. The molecule has 0 bridgehead atoms. The van der Waals surface area contributed by atoms with Crippen LogP contribution >= 0.6 is 0 Å². The molecule has 0 spiro atoms. The second-order valence-electron chi connectivity index (χ2n) is 4.67. The molecule has 0 saturated heterocycles. The van der Waals surface area contributed by atoms with E-state index in [1.54, 1.807) is 25.1 Å². The molecule has 0 unspecified atom stereocenters. The van der Waals surface area contributed by atoms with Crippen LogP contribution in [0.25, 0.3) is 0 Å². The van der Waals surface area contributed by atoms with Crippen molar-refractivity contribution in [1.82, 2.24) is 4.98 Å². The van der Waals surface area contributed by atoms with E-state index >= 15 is 0 Å². The Morgan fingerprint density at radius 1 is 1.17 bits per heavy atom. The van der Waals surface area contributed by atoms with Gasteiger partial charge in [0.1, 0.15) is 23.5 Å². The number of rotatable bonds is 5. The molecule has 8 heteroatoms. The Labute approximate surface area is 132 Å². The number of hydrogen-bond acceptors (Lipinski definition) is 6. The maximum absolute atomic E-state index is 12.3. The fourth-order valence-electron chi connectivity index (χ4n) is 1.94.